The van der Waals surface area contributed by atoms with Gasteiger partial charge in [-0.05, 0) is 112 Å². The molecule has 15 unspecified atom stereocenters. The molecule has 1 aliphatic carbocycles. The first-order valence-corrected chi connectivity index (χ1v) is 23.9. The highest BCUT2D eigenvalue weighted by molar-refractivity contribution is 6.39. The number of alkyl halides is 1. The molecule has 5 N–H and O–H groups in total. The number of aromatic hydroxyl groups is 1. The molecule has 0 radical (unpaired) electrons. The summed E-state index contributed by atoms with van der Waals surface area (Å²) in [6.07, 6.45) is 4.12. The lowest BCUT2D eigenvalue weighted by molar-refractivity contribution is -0.302. The number of benzene rings is 1. The number of hydrogen-bond acceptors (Lipinski definition) is 13. The van der Waals surface area contributed by atoms with Crippen molar-refractivity contribution in [3.05, 3.63) is 59.2 Å². The number of phenols is 1. The zero-order valence-electron chi connectivity index (χ0n) is 40.1. The molecule has 3 fully saturated rings. The van der Waals surface area contributed by atoms with Gasteiger partial charge in [-0.1, -0.05) is 64.1 Å². The number of cyclic esters (lactones) is 1. The Morgan fingerprint density at radius 1 is 0.985 bits per heavy atom. The Morgan fingerprint density at radius 3 is 2.33 bits per heavy atom. The maximum atomic E-state index is 16.3. The quantitative estimate of drug-likeness (QED) is 0.124. The van der Waals surface area contributed by atoms with Crippen molar-refractivity contribution < 1.29 is 62.6 Å². The summed E-state index contributed by atoms with van der Waals surface area (Å²) in [4.78, 5) is 58.2. The summed E-state index contributed by atoms with van der Waals surface area (Å²) in [6.45, 7) is 10.6. The monoisotopic (exact) mass is 927 g/mol. The predicted molar refractivity (Wildman–Crippen MR) is 246 cm³/mol. The third-order valence-electron chi connectivity index (χ3n) is 14.5. The number of Topliss-reactive ketones (excluding diaryl/α,β-unsaturated/α-hetero) is 2. The van der Waals surface area contributed by atoms with Crippen molar-refractivity contribution in [1.29, 1.82) is 0 Å². The molecule has 3 aliphatic heterocycles. The fourth-order valence-electron chi connectivity index (χ4n) is 10.2. The van der Waals surface area contributed by atoms with Gasteiger partial charge >= 0.3 is 5.97 Å². The Balaban J connectivity index is 1.47. The van der Waals surface area contributed by atoms with Gasteiger partial charge in [-0.25, -0.2) is 9.18 Å². The minimum Gasteiger partial charge on any atom is -0.508 e. The number of phenolic OH excluding ortho intramolecular Hbond substituents is 1. The topological polar surface area (TPSA) is 204 Å². The number of esters is 1. The second-order valence-electron chi connectivity index (χ2n) is 19.3. The smallest absolute Gasteiger partial charge is 0.329 e. The highest BCUT2D eigenvalue weighted by atomic mass is 19.1. The molecule has 2 saturated heterocycles. The number of amides is 1. The Bertz CT molecular complexity index is 1910. The number of aliphatic hydroxyl groups is 2. The molecule has 4 aliphatic rings. The van der Waals surface area contributed by atoms with Crippen molar-refractivity contribution >= 4 is 29.5 Å². The van der Waals surface area contributed by atoms with E-state index in [2.05, 4.69) is 0 Å². The molecule has 1 aromatic rings. The van der Waals surface area contributed by atoms with Crippen LogP contribution >= 0.6 is 0 Å². The summed E-state index contributed by atoms with van der Waals surface area (Å²) in [5.74, 6) is -9.00. The number of ketones is 2. The van der Waals surface area contributed by atoms with E-state index in [0.717, 1.165) is 16.9 Å². The first-order valence-electron chi connectivity index (χ1n) is 23.9. The maximum absolute atomic E-state index is 16.3. The van der Waals surface area contributed by atoms with E-state index in [0.29, 0.717) is 49.9 Å². The number of carbonyl (C=O) groups excluding carboxylic acids is 4. The largest absolute Gasteiger partial charge is 0.508 e. The van der Waals surface area contributed by atoms with Gasteiger partial charge < -0.3 is 49.6 Å². The van der Waals surface area contributed by atoms with Crippen LogP contribution in [0.15, 0.2) is 53.6 Å². The second-order valence-corrected chi connectivity index (χ2v) is 19.3. The van der Waals surface area contributed by atoms with Crippen LogP contribution in [0.4, 0.5) is 4.39 Å². The van der Waals surface area contributed by atoms with Crippen molar-refractivity contribution in [3.63, 3.8) is 0 Å². The number of nitrogens with zero attached hydrogens (tertiary/aromatic N) is 1. The molecule has 0 aromatic heterocycles. The van der Waals surface area contributed by atoms with E-state index >= 15 is 4.39 Å². The molecule has 368 valence electrons. The molecular formula is C51H75FN2O12. The van der Waals surface area contributed by atoms with E-state index < -0.39 is 89.9 Å². The van der Waals surface area contributed by atoms with Gasteiger partial charge in [0.1, 0.15) is 36.0 Å². The van der Waals surface area contributed by atoms with Gasteiger partial charge in [-0.3, -0.25) is 14.4 Å². The van der Waals surface area contributed by atoms with Crippen molar-refractivity contribution in [2.45, 2.75) is 166 Å². The summed E-state index contributed by atoms with van der Waals surface area (Å²) >= 11 is 0. The van der Waals surface area contributed by atoms with Crippen molar-refractivity contribution in [3.8, 4) is 5.75 Å². The van der Waals surface area contributed by atoms with Gasteiger partial charge in [0.25, 0.3) is 11.7 Å². The highest BCUT2D eigenvalue weighted by Crippen LogP contribution is 2.39. The third-order valence-corrected chi connectivity index (χ3v) is 14.5. The molecule has 3 heterocycles. The fourth-order valence-corrected chi connectivity index (χ4v) is 10.2. The van der Waals surface area contributed by atoms with Crippen molar-refractivity contribution in [1.82, 2.24) is 4.90 Å². The van der Waals surface area contributed by atoms with E-state index in [9.17, 15) is 34.5 Å². The SMILES string of the molecule is CCC1/C=C(\C)C(F)C(C)CC(OC)C2OC(O)(C(=O)C(=O)N3CCCCC3C(=O)OC(C(C)=CC3CCC(N)C(OCC=Cc4ccc(O)cc4)C3)C(C)C(O)CC1=O)C(C)CC2OC. The average Bonchev–Trinajstić information content (AvgIpc) is 3.31. The number of allylic oxidation sites excluding steroid dienone is 3. The van der Waals surface area contributed by atoms with Crippen molar-refractivity contribution in [2.75, 3.05) is 27.4 Å². The zero-order chi connectivity index (χ0) is 48.5. The number of nitrogens with two attached hydrogens (primary N) is 1. The van der Waals surface area contributed by atoms with E-state index in [1.165, 1.54) is 14.2 Å². The van der Waals surface area contributed by atoms with Crippen LogP contribution in [0.2, 0.25) is 0 Å². The standard InChI is InChI=1S/C51H75FN2O12/c1-9-36-24-29(2)45(52)30(3)25-43(62-7)47-44(63-8)26-32(5)51(61,66-47)48(58)49(59)54-21-11-10-14-39(54)50(60)65-46(33(6)40(56)28-41(36)57)31(4)23-35-17-20-38(53)42(27-35)64-22-12-13-34-15-18-37(55)19-16-34/h12-13,15-16,18-19,23-24,30,32-33,35-36,38-40,42-47,55-56,61H,9-11,14,17,20-22,25-28,53H2,1-8H3/b13-12?,29-24+,31-23?. The minimum atomic E-state index is -2.62. The molecule has 1 aromatic carbocycles. The van der Waals surface area contributed by atoms with Crippen LogP contribution in [-0.4, -0.2) is 132 Å². The Hall–Kier alpha value is -3.83. The number of carbonyl (C=O) groups is 4. The van der Waals surface area contributed by atoms with Crippen LogP contribution in [0.1, 0.15) is 111 Å². The van der Waals surface area contributed by atoms with Crippen LogP contribution in [0.3, 0.4) is 0 Å². The normalized spacial score (nSPS) is 38.3. The molecule has 1 saturated carbocycles. The summed E-state index contributed by atoms with van der Waals surface area (Å²) < 4.78 is 46.6. The van der Waals surface area contributed by atoms with Crippen LogP contribution < -0.4 is 5.73 Å². The summed E-state index contributed by atoms with van der Waals surface area (Å²) in [5, 5.41) is 33.5. The lowest BCUT2D eigenvalue weighted by Gasteiger charge is -2.47. The Morgan fingerprint density at radius 2 is 1.67 bits per heavy atom. The predicted octanol–water partition coefficient (Wildman–Crippen LogP) is 6.18. The van der Waals surface area contributed by atoms with Gasteiger partial charge in [0.05, 0.1) is 31.0 Å². The number of piperidine rings is 1. The van der Waals surface area contributed by atoms with E-state index in [1.807, 2.05) is 25.2 Å². The number of methoxy groups -OCH3 is 2. The fraction of sp³-hybridized carbons (Fsp3) is 0.686. The lowest BCUT2D eigenvalue weighted by atomic mass is 9.81. The van der Waals surface area contributed by atoms with Crippen LogP contribution in [0.25, 0.3) is 6.08 Å². The van der Waals surface area contributed by atoms with E-state index in [4.69, 9.17) is 29.4 Å². The number of halogens is 1. The minimum absolute atomic E-state index is 0.0397. The number of aliphatic hydroxyl groups excluding tert-OH is 1. The summed E-state index contributed by atoms with van der Waals surface area (Å²) in [5.41, 5.74) is 8.39. The summed E-state index contributed by atoms with van der Waals surface area (Å²) in [6, 6.07) is 5.41. The highest BCUT2D eigenvalue weighted by Gasteiger charge is 2.57. The van der Waals surface area contributed by atoms with Crippen molar-refractivity contribution in [2.24, 2.45) is 35.3 Å². The maximum Gasteiger partial charge on any atom is 0.329 e. The number of fused-ring (bicyclic) bond motifs is 3. The third kappa shape index (κ3) is 12.8. The molecule has 0 spiro atoms. The summed E-state index contributed by atoms with van der Waals surface area (Å²) in [7, 11) is 2.88. The number of ether oxygens (including phenoxy) is 5. The molecule has 15 heteroatoms. The van der Waals surface area contributed by atoms with Gasteiger partial charge in [0.2, 0.25) is 5.79 Å². The zero-order valence-corrected chi connectivity index (χ0v) is 40.1. The molecule has 2 bridgehead atoms. The molecule has 66 heavy (non-hydrogen) atoms. The lowest BCUT2D eigenvalue weighted by Crippen LogP contribution is -2.64. The van der Waals surface area contributed by atoms with Gasteiger partial charge in [0.15, 0.2) is 0 Å². The van der Waals surface area contributed by atoms with Crippen LogP contribution in [0, 0.1) is 29.6 Å². The molecule has 15 atom stereocenters. The van der Waals surface area contributed by atoms with Crippen LogP contribution in [0.5, 0.6) is 5.75 Å². The average molecular weight is 927 g/mol. The van der Waals surface area contributed by atoms with E-state index in [1.54, 1.807) is 65.0 Å². The molecule has 1 amide bonds. The second kappa shape index (κ2) is 23.9. The Labute approximate surface area is 390 Å². The first kappa shape index (κ1) is 53.1. The van der Waals surface area contributed by atoms with Gasteiger partial charge in [-0.2, -0.15) is 0 Å². The Kier molecular flexibility index (Phi) is 19.3. The first-order chi connectivity index (χ1) is 31.3. The van der Waals surface area contributed by atoms with Gasteiger partial charge in [0, 0.05) is 51.0 Å². The number of hydrogen-bond donors (Lipinski definition) is 4. The molecule has 5 rings (SSSR count). The van der Waals surface area contributed by atoms with Gasteiger partial charge in [-0.15, -0.1) is 0 Å². The number of rotatable bonds is 9. The van der Waals surface area contributed by atoms with Crippen LogP contribution in [-0.2, 0) is 42.9 Å². The molecule has 14 nitrogen and oxygen atoms in total. The van der Waals surface area contributed by atoms with E-state index in [-0.39, 0.29) is 61.8 Å². The molecular weight excluding hydrogens is 852 g/mol.